The lowest BCUT2D eigenvalue weighted by atomic mass is 9.92. The predicted molar refractivity (Wildman–Crippen MR) is 66.3 cm³/mol. The molecule has 0 bridgehead atoms. The zero-order valence-corrected chi connectivity index (χ0v) is 15.4. The molecule has 0 saturated carbocycles. The summed E-state index contributed by atoms with van der Waals surface area (Å²) in [6, 6.07) is 0. The maximum atomic E-state index is 13.9. The summed E-state index contributed by atoms with van der Waals surface area (Å²) >= 11 is 0. The van der Waals surface area contributed by atoms with Crippen LogP contribution >= 0.6 is 0 Å². The molecule has 1 unspecified atom stereocenters. The first kappa shape index (κ1) is 29.0. The molecule has 0 heterocycles. The van der Waals surface area contributed by atoms with Gasteiger partial charge in [-0.05, 0) is 6.55 Å². The Hall–Kier alpha value is -0.983. The molecule has 0 aliphatic heterocycles. The molecule has 182 valence electrons. The van der Waals surface area contributed by atoms with Crippen LogP contribution in [0.15, 0.2) is 0 Å². The molecule has 0 amide bonds. The molecule has 0 radical (unpaired) electrons. The molecule has 19 heteroatoms. The molecular weight excluding hydrogens is 496 g/mol. The Morgan fingerprint density at radius 1 is 0.567 bits per heavy atom. The topological polar surface area (TPSA) is 18.5 Å². The second kappa shape index (κ2) is 7.56. The lowest BCUT2D eigenvalue weighted by Crippen LogP contribution is -2.74. The van der Waals surface area contributed by atoms with Gasteiger partial charge in [-0.25, -0.2) is 13.2 Å². The summed E-state index contributed by atoms with van der Waals surface area (Å²) in [6.07, 6.45) is -13.5. The summed E-state index contributed by atoms with van der Waals surface area (Å²) in [5, 5.41) is 0. The average molecular weight is 506 g/mol. The molecule has 0 aliphatic rings. The second-order valence-corrected chi connectivity index (χ2v) is 9.13. The highest BCUT2D eigenvalue weighted by Gasteiger charge is 2.92. The van der Waals surface area contributed by atoms with Crippen molar-refractivity contribution in [2.45, 2.75) is 54.1 Å². The number of halogens is 16. The van der Waals surface area contributed by atoms with Crippen molar-refractivity contribution in [1.29, 1.82) is 0 Å². The molecule has 0 aromatic rings. The van der Waals surface area contributed by atoms with E-state index >= 15 is 0 Å². The number of hydrogen-bond acceptors (Lipinski definition) is 2. The molecule has 0 aromatic heterocycles. The van der Waals surface area contributed by atoms with E-state index in [2.05, 4.69) is 8.85 Å². The van der Waals surface area contributed by atoms with E-state index in [0.717, 1.165) is 0 Å². The van der Waals surface area contributed by atoms with Crippen LogP contribution in [0.2, 0.25) is 6.55 Å². The van der Waals surface area contributed by atoms with Gasteiger partial charge in [0.15, 0.2) is 0 Å². The van der Waals surface area contributed by atoms with Gasteiger partial charge in [0.1, 0.15) is 0 Å². The molecular formula is C11H10F16O2Si. The van der Waals surface area contributed by atoms with Gasteiger partial charge in [-0.2, -0.15) is 57.1 Å². The molecule has 0 N–H and O–H groups in total. The monoisotopic (exact) mass is 506 g/mol. The zero-order chi connectivity index (χ0) is 25.0. The Kier molecular flexibility index (Phi) is 7.31. The van der Waals surface area contributed by atoms with Crippen molar-refractivity contribution >= 4 is 8.56 Å². The minimum Gasteiger partial charge on any atom is -0.394 e. The Labute approximate surface area is 157 Å². The lowest BCUT2D eigenvalue weighted by Gasteiger charge is -2.42. The quantitative estimate of drug-likeness (QED) is 0.300. The molecule has 0 fully saturated rings. The highest BCUT2D eigenvalue weighted by Crippen LogP contribution is 2.62. The van der Waals surface area contributed by atoms with E-state index in [1.807, 2.05) is 0 Å². The van der Waals surface area contributed by atoms with Gasteiger partial charge in [0.2, 0.25) is 6.17 Å². The van der Waals surface area contributed by atoms with Crippen LogP contribution in [-0.4, -0.2) is 70.3 Å². The fraction of sp³-hybridized carbons (Fsp3) is 1.00. The summed E-state index contributed by atoms with van der Waals surface area (Å²) in [5.41, 5.74) is -5.93. The molecule has 0 aliphatic carbocycles. The molecule has 0 aromatic carbocycles. The fourth-order valence-electron chi connectivity index (χ4n) is 1.75. The molecule has 2 nitrogen and oxygen atoms in total. The maximum Gasteiger partial charge on any atom is 0.460 e. The largest absolute Gasteiger partial charge is 0.460 e. The van der Waals surface area contributed by atoms with Crippen molar-refractivity contribution in [1.82, 2.24) is 0 Å². The SMILES string of the molecule is CO[Si](C)(OC)C(F)(F)C(F)C(F)(F)C(F)(F)C(F)(F)C(F)(F)C(F)(F)C(F)(F)F. The van der Waals surface area contributed by atoms with Crippen molar-refractivity contribution in [2.24, 2.45) is 0 Å². The number of rotatable bonds is 9. The number of alkyl halides is 16. The van der Waals surface area contributed by atoms with Gasteiger partial charge >= 0.3 is 49.9 Å². The molecule has 30 heavy (non-hydrogen) atoms. The minimum atomic E-state index is -8.39. The van der Waals surface area contributed by atoms with Gasteiger partial charge in [-0.1, -0.05) is 0 Å². The van der Waals surface area contributed by atoms with E-state index in [-0.39, 0.29) is 20.8 Å². The Morgan fingerprint density at radius 2 is 0.867 bits per heavy atom. The average Bonchev–Trinajstić information content (AvgIpc) is 2.58. The third-order valence-corrected chi connectivity index (χ3v) is 7.00. The summed E-state index contributed by atoms with van der Waals surface area (Å²) < 4.78 is 217. The van der Waals surface area contributed by atoms with E-state index in [0.29, 0.717) is 0 Å². The van der Waals surface area contributed by atoms with Crippen LogP contribution in [0.5, 0.6) is 0 Å². The first-order valence-corrected chi connectivity index (χ1v) is 9.17. The third-order valence-electron chi connectivity index (χ3n) is 3.98. The Balaban J connectivity index is 6.64. The van der Waals surface area contributed by atoms with Crippen molar-refractivity contribution < 1.29 is 79.1 Å². The molecule has 0 saturated heterocycles. The van der Waals surface area contributed by atoms with Crippen molar-refractivity contribution in [3.63, 3.8) is 0 Å². The first-order chi connectivity index (χ1) is 12.8. The van der Waals surface area contributed by atoms with E-state index in [1.54, 1.807) is 0 Å². The highest BCUT2D eigenvalue weighted by molar-refractivity contribution is 6.68. The van der Waals surface area contributed by atoms with E-state index in [9.17, 15) is 70.2 Å². The van der Waals surface area contributed by atoms with Crippen molar-refractivity contribution in [3.8, 4) is 0 Å². The summed E-state index contributed by atoms with van der Waals surface area (Å²) in [7, 11) is -5.13. The summed E-state index contributed by atoms with van der Waals surface area (Å²) in [5.74, 6) is -40.6. The van der Waals surface area contributed by atoms with Crippen LogP contribution in [0.3, 0.4) is 0 Å². The fourth-order valence-corrected chi connectivity index (χ4v) is 3.11. The molecule has 0 spiro atoms. The van der Waals surface area contributed by atoms with E-state index in [4.69, 9.17) is 0 Å². The van der Waals surface area contributed by atoms with Crippen LogP contribution in [0.1, 0.15) is 0 Å². The Morgan fingerprint density at radius 3 is 1.13 bits per heavy atom. The van der Waals surface area contributed by atoms with Crippen LogP contribution in [0, 0.1) is 0 Å². The van der Waals surface area contributed by atoms with E-state index in [1.165, 1.54) is 0 Å². The molecule has 1 atom stereocenters. The van der Waals surface area contributed by atoms with Gasteiger partial charge in [-0.15, -0.1) is 0 Å². The summed E-state index contributed by atoms with van der Waals surface area (Å²) in [6.45, 7) is 0.0400. The van der Waals surface area contributed by atoms with Crippen LogP contribution in [0.4, 0.5) is 70.2 Å². The Bertz CT molecular complexity index is 611. The van der Waals surface area contributed by atoms with Crippen molar-refractivity contribution in [3.05, 3.63) is 0 Å². The van der Waals surface area contributed by atoms with Crippen molar-refractivity contribution in [2.75, 3.05) is 14.2 Å². The maximum absolute atomic E-state index is 13.9. The van der Waals surface area contributed by atoms with Gasteiger partial charge in [0, 0.05) is 14.2 Å². The third kappa shape index (κ3) is 3.63. The van der Waals surface area contributed by atoms with E-state index < -0.39 is 56.1 Å². The van der Waals surface area contributed by atoms with Crippen LogP contribution < -0.4 is 0 Å². The smallest absolute Gasteiger partial charge is 0.394 e. The zero-order valence-electron chi connectivity index (χ0n) is 14.4. The second-order valence-electron chi connectivity index (χ2n) is 5.76. The van der Waals surface area contributed by atoms with Gasteiger partial charge in [0.05, 0.1) is 0 Å². The summed E-state index contributed by atoms with van der Waals surface area (Å²) in [4.78, 5) is 0. The first-order valence-electron chi connectivity index (χ1n) is 6.86. The van der Waals surface area contributed by atoms with Crippen LogP contribution in [-0.2, 0) is 8.85 Å². The van der Waals surface area contributed by atoms with Gasteiger partial charge in [0.25, 0.3) is 0 Å². The lowest BCUT2D eigenvalue weighted by molar-refractivity contribution is -0.445. The highest BCUT2D eigenvalue weighted by atomic mass is 28.4. The van der Waals surface area contributed by atoms with Crippen LogP contribution in [0.25, 0.3) is 0 Å². The predicted octanol–water partition coefficient (Wildman–Crippen LogP) is 5.60. The number of hydrogen-bond donors (Lipinski definition) is 0. The minimum absolute atomic E-state index is 0.0400. The molecule has 0 rings (SSSR count). The normalized spacial score (nSPS) is 17.3. The standard InChI is InChI=1S/C11H10F16O2Si/c1-28-30(3,29-2)6(15,16)4(12)5(13,14)7(17,18)8(19,20)9(21,22)10(23,24)11(25,26)27/h4H,1-3H3. The van der Waals surface area contributed by atoms with Gasteiger partial charge in [-0.3, -0.25) is 0 Å². The van der Waals surface area contributed by atoms with Gasteiger partial charge < -0.3 is 8.85 Å².